The number of hydrogen-bond donors (Lipinski definition) is 1. The Morgan fingerprint density at radius 2 is 1.60 bits per heavy atom. The molecule has 1 atom stereocenters. The van der Waals surface area contributed by atoms with E-state index in [1.165, 1.54) is 16.7 Å². The van der Waals surface area contributed by atoms with Crippen LogP contribution in [0.2, 0.25) is 0 Å². The van der Waals surface area contributed by atoms with E-state index in [9.17, 15) is 4.79 Å². The van der Waals surface area contributed by atoms with Crippen LogP contribution in [0, 0.1) is 0 Å². The Balaban J connectivity index is 1.69. The van der Waals surface area contributed by atoms with Crippen LogP contribution < -0.4 is 5.56 Å². The van der Waals surface area contributed by atoms with E-state index >= 15 is 0 Å². The third kappa shape index (κ3) is 5.89. The highest BCUT2D eigenvalue weighted by Crippen LogP contribution is 2.32. The Morgan fingerprint density at radius 1 is 0.900 bits per heavy atom. The van der Waals surface area contributed by atoms with Gasteiger partial charge in [-0.05, 0) is 83.8 Å². The number of rotatable bonds is 11. The molecular formula is C33H38N6O. The zero-order valence-corrected chi connectivity index (χ0v) is 23.8. The molecule has 2 aromatic heterocycles. The molecule has 0 aliphatic carbocycles. The second-order valence-electron chi connectivity index (χ2n) is 11.0. The number of nitrogens with zero attached hydrogens (tertiary/aromatic N) is 5. The van der Waals surface area contributed by atoms with Crippen molar-refractivity contribution in [2.75, 3.05) is 6.54 Å². The molecule has 0 unspecified atom stereocenters. The van der Waals surface area contributed by atoms with Crippen LogP contribution in [0.25, 0.3) is 10.9 Å². The number of hydrogen-bond acceptors (Lipinski definition) is 5. The Kier molecular flexibility index (Phi) is 8.21. The summed E-state index contributed by atoms with van der Waals surface area (Å²) < 4.78 is 1.91. The van der Waals surface area contributed by atoms with Gasteiger partial charge in [0.05, 0.1) is 5.54 Å². The SMILES string of the molecule is CCc1ccc2[nH]c(=O)c([C@@H](c3nnnn3C(C)(C)CC)N(CCc3ccccc3)Cc3ccccc3)cc2c1. The summed E-state index contributed by atoms with van der Waals surface area (Å²) in [5.41, 5.74) is 4.67. The molecule has 1 N–H and O–H groups in total. The fraction of sp³-hybridized carbons (Fsp3) is 0.333. The zero-order chi connectivity index (χ0) is 28.1. The molecule has 0 spiro atoms. The van der Waals surface area contributed by atoms with Crippen molar-refractivity contribution < 1.29 is 0 Å². The maximum Gasteiger partial charge on any atom is 0.253 e. The summed E-state index contributed by atoms with van der Waals surface area (Å²) in [6, 6.07) is 28.7. The van der Waals surface area contributed by atoms with Gasteiger partial charge in [-0.1, -0.05) is 80.6 Å². The normalized spacial score (nSPS) is 12.7. The van der Waals surface area contributed by atoms with E-state index in [1.807, 2.05) is 28.9 Å². The van der Waals surface area contributed by atoms with E-state index in [2.05, 4.69) is 114 Å². The summed E-state index contributed by atoms with van der Waals surface area (Å²) in [5.74, 6) is 0.673. The summed E-state index contributed by atoms with van der Waals surface area (Å²) in [6.07, 6.45) is 2.59. The van der Waals surface area contributed by atoms with Crippen molar-refractivity contribution in [3.05, 3.63) is 123 Å². The van der Waals surface area contributed by atoms with Crippen LogP contribution in [0.4, 0.5) is 0 Å². The van der Waals surface area contributed by atoms with Gasteiger partial charge in [-0.2, -0.15) is 0 Å². The number of benzene rings is 3. The first kappa shape index (κ1) is 27.5. The molecule has 0 saturated carbocycles. The van der Waals surface area contributed by atoms with Crippen molar-refractivity contribution >= 4 is 10.9 Å². The molecule has 2 heterocycles. The van der Waals surface area contributed by atoms with Crippen molar-refractivity contribution in [1.29, 1.82) is 0 Å². The third-order valence-corrected chi connectivity index (χ3v) is 7.94. The molecule has 5 rings (SSSR count). The maximum absolute atomic E-state index is 13.8. The first-order valence-electron chi connectivity index (χ1n) is 14.2. The predicted molar refractivity (Wildman–Crippen MR) is 160 cm³/mol. The standard InChI is InChI=1S/C33H38N6O/c1-5-24-17-18-29-27(21-24)22-28(32(40)34-29)30(31-35-36-37-39(31)33(3,4)6-2)38(23-26-15-11-8-12-16-26)20-19-25-13-9-7-10-14-25/h7-18,21-22,30H,5-6,19-20,23H2,1-4H3,(H,34,40)/t30-/m0/s1. The van der Waals surface area contributed by atoms with E-state index in [0.29, 0.717) is 17.9 Å². The molecule has 0 bridgehead atoms. The second kappa shape index (κ2) is 12.0. The lowest BCUT2D eigenvalue weighted by Gasteiger charge is -2.33. The van der Waals surface area contributed by atoms with Crippen LogP contribution in [0.5, 0.6) is 0 Å². The van der Waals surface area contributed by atoms with Gasteiger partial charge in [-0.25, -0.2) is 4.68 Å². The molecule has 0 fully saturated rings. The van der Waals surface area contributed by atoms with Crippen molar-refractivity contribution in [2.24, 2.45) is 0 Å². The molecule has 7 nitrogen and oxygen atoms in total. The Bertz CT molecular complexity index is 1610. The smallest absolute Gasteiger partial charge is 0.253 e. The van der Waals surface area contributed by atoms with Crippen LogP contribution in [0.15, 0.2) is 89.7 Å². The zero-order valence-electron chi connectivity index (χ0n) is 23.8. The number of aromatic amines is 1. The summed E-state index contributed by atoms with van der Waals surface area (Å²) >= 11 is 0. The van der Waals surface area contributed by atoms with Gasteiger partial charge in [0, 0.05) is 24.2 Å². The van der Waals surface area contributed by atoms with Gasteiger partial charge < -0.3 is 4.98 Å². The van der Waals surface area contributed by atoms with Gasteiger partial charge in [-0.15, -0.1) is 5.10 Å². The average molecular weight is 535 g/mol. The van der Waals surface area contributed by atoms with Crippen molar-refractivity contribution in [3.63, 3.8) is 0 Å². The molecule has 0 amide bonds. The second-order valence-corrected chi connectivity index (χ2v) is 11.0. The number of fused-ring (bicyclic) bond motifs is 1. The monoisotopic (exact) mass is 534 g/mol. The van der Waals surface area contributed by atoms with Gasteiger partial charge >= 0.3 is 0 Å². The number of tetrazole rings is 1. The largest absolute Gasteiger partial charge is 0.322 e. The minimum Gasteiger partial charge on any atom is -0.322 e. The fourth-order valence-corrected chi connectivity index (χ4v) is 5.18. The van der Waals surface area contributed by atoms with Gasteiger partial charge in [-0.3, -0.25) is 9.69 Å². The van der Waals surface area contributed by atoms with E-state index in [1.54, 1.807) is 0 Å². The molecule has 0 aliphatic heterocycles. The van der Waals surface area contributed by atoms with Gasteiger partial charge in [0.15, 0.2) is 5.82 Å². The van der Waals surface area contributed by atoms with Crippen molar-refractivity contribution in [1.82, 2.24) is 30.1 Å². The summed E-state index contributed by atoms with van der Waals surface area (Å²) in [7, 11) is 0. The Hall–Kier alpha value is -4.10. The van der Waals surface area contributed by atoms with Gasteiger partial charge in [0.25, 0.3) is 5.56 Å². The summed E-state index contributed by atoms with van der Waals surface area (Å²) in [5, 5.41) is 14.2. The van der Waals surface area contributed by atoms with Crippen molar-refractivity contribution in [2.45, 2.75) is 65.1 Å². The number of aryl methyl sites for hydroxylation is 1. The number of aromatic nitrogens is 5. The number of nitrogens with one attached hydrogen (secondary N) is 1. The first-order valence-corrected chi connectivity index (χ1v) is 14.2. The molecule has 3 aromatic carbocycles. The van der Waals surface area contributed by atoms with Crippen LogP contribution in [0.1, 0.15) is 68.2 Å². The van der Waals surface area contributed by atoms with Crippen LogP contribution >= 0.6 is 0 Å². The van der Waals surface area contributed by atoms with E-state index in [0.717, 1.165) is 36.7 Å². The minimum atomic E-state index is -0.455. The van der Waals surface area contributed by atoms with E-state index < -0.39 is 6.04 Å². The molecule has 5 aromatic rings. The van der Waals surface area contributed by atoms with Gasteiger partial charge in [0.1, 0.15) is 6.04 Å². The molecule has 206 valence electrons. The average Bonchev–Trinajstić information content (AvgIpc) is 3.47. The quantitative estimate of drug-likeness (QED) is 0.223. The first-order chi connectivity index (χ1) is 19.4. The summed E-state index contributed by atoms with van der Waals surface area (Å²) in [4.78, 5) is 19.3. The summed E-state index contributed by atoms with van der Waals surface area (Å²) in [6.45, 7) is 9.90. The maximum atomic E-state index is 13.8. The van der Waals surface area contributed by atoms with E-state index in [4.69, 9.17) is 0 Å². The highest BCUT2D eigenvalue weighted by Gasteiger charge is 2.34. The van der Waals surface area contributed by atoms with Crippen LogP contribution in [0.3, 0.4) is 0 Å². The predicted octanol–water partition coefficient (Wildman–Crippen LogP) is 6.06. The fourth-order valence-electron chi connectivity index (χ4n) is 5.18. The number of pyridine rings is 1. The topological polar surface area (TPSA) is 79.7 Å². The molecule has 0 aliphatic rings. The lowest BCUT2D eigenvalue weighted by Crippen LogP contribution is -2.39. The van der Waals surface area contributed by atoms with Crippen LogP contribution in [-0.2, 0) is 24.9 Å². The molecule has 0 saturated heterocycles. The van der Waals surface area contributed by atoms with E-state index in [-0.39, 0.29) is 11.1 Å². The highest BCUT2D eigenvalue weighted by atomic mass is 16.1. The molecule has 7 heteroatoms. The molecular weight excluding hydrogens is 496 g/mol. The van der Waals surface area contributed by atoms with Crippen LogP contribution in [-0.4, -0.2) is 36.6 Å². The van der Waals surface area contributed by atoms with Crippen molar-refractivity contribution in [3.8, 4) is 0 Å². The Morgan fingerprint density at radius 3 is 2.27 bits per heavy atom. The highest BCUT2D eigenvalue weighted by molar-refractivity contribution is 5.80. The molecule has 40 heavy (non-hydrogen) atoms. The third-order valence-electron chi connectivity index (χ3n) is 7.94. The minimum absolute atomic E-state index is 0.122. The lowest BCUT2D eigenvalue weighted by molar-refractivity contribution is 0.190. The Labute approximate surface area is 235 Å². The number of H-pyrrole nitrogens is 1. The lowest BCUT2D eigenvalue weighted by atomic mass is 9.98. The molecule has 0 radical (unpaired) electrons. The van der Waals surface area contributed by atoms with Gasteiger partial charge in [0.2, 0.25) is 0 Å².